The van der Waals surface area contributed by atoms with Gasteiger partial charge in [-0.1, -0.05) is 36.4 Å². The summed E-state index contributed by atoms with van der Waals surface area (Å²) in [6, 6.07) is 15.8. The minimum atomic E-state index is -4.33. The molecule has 0 bridgehead atoms. The van der Waals surface area contributed by atoms with Gasteiger partial charge < -0.3 is 20.9 Å². The van der Waals surface area contributed by atoms with Crippen LogP contribution in [0.5, 0.6) is 0 Å². The molecule has 2 aliphatic rings. The van der Waals surface area contributed by atoms with E-state index in [2.05, 4.69) is 20.9 Å². The quantitative estimate of drug-likeness (QED) is 0.464. The van der Waals surface area contributed by atoms with E-state index < -0.39 is 11.7 Å². The van der Waals surface area contributed by atoms with Gasteiger partial charge in [0.25, 0.3) is 0 Å². The topological polar surface area (TPSA) is 56.4 Å². The van der Waals surface area contributed by atoms with E-state index in [9.17, 15) is 18.0 Å². The second kappa shape index (κ2) is 12.8. The first-order valence-electron chi connectivity index (χ1n) is 12.4. The number of hydrogen-bond donors (Lipinski definition) is 3. The van der Waals surface area contributed by atoms with Crippen LogP contribution in [0.3, 0.4) is 0 Å². The molecule has 1 heterocycles. The van der Waals surface area contributed by atoms with Crippen LogP contribution in [0.2, 0.25) is 0 Å². The first-order valence-corrected chi connectivity index (χ1v) is 12.4. The molecule has 4 rings (SSSR count). The second-order valence-electron chi connectivity index (χ2n) is 9.67. The second-order valence-corrected chi connectivity index (χ2v) is 9.67. The zero-order valence-electron chi connectivity index (χ0n) is 20.6. The number of carbonyl (C=O) groups excluding carboxylic acids is 1. The number of nitrogens with one attached hydrogen (secondary N) is 3. The Morgan fingerprint density at radius 1 is 1.06 bits per heavy atom. The van der Waals surface area contributed by atoms with E-state index >= 15 is 0 Å². The Kier molecular flexibility index (Phi) is 9.83. The Labute approximate surface area is 206 Å². The summed E-state index contributed by atoms with van der Waals surface area (Å²) in [6.45, 7) is 2.90. The number of hydrogen-bond acceptors (Lipinski definition) is 3. The van der Waals surface area contributed by atoms with Gasteiger partial charge in [0.15, 0.2) is 0 Å². The lowest BCUT2D eigenvalue weighted by Crippen LogP contribution is -2.41. The minimum absolute atomic E-state index is 0.109. The molecule has 8 heteroatoms. The minimum Gasteiger partial charge on any atom is -0.385 e. The molecule has 1 fully saturated rings. The lowest BCUT2D eigenvalue weighted by atomic mass is 9.69. The molecule has 3 N–H and O–H groups in total. The first kappa shape index (κ1) is 26.9. The highest BCUT2D eigenvalue weighted by atomic mass is 19.4. The highest BCUT2D eigenvalue weighted by molar-refractivity contribution is 5.73. The number of urea groups is 1. The number of nitrogens with zero attached hydrogens (tertiary/aromatic N) is 1. The summed E-state index contributed by atoms with van der Waals surface area (Å²) in [4.78, 5) is 14.1. The van der Waals surface area contributed by atoms with Gasteiger partial charge in [-0.2, -0.15) is 13.2 Å². The van der Waals surface area contributed by atoms with E-state index in [4.69, 9.17) is 0 Å². The maximum atomic E-state index is 13.2. The number of rotatable bonds is 6. The fourth-order valence-electron chi connectivity index (χ4n) is 4.86. The van der Waals surface area contributed by atoms with Crippen molar-refractivity contribution < 1.29 is 18.0 Å². The van der Waals surface area contributed by atoms with Crippen LogP contribution in [0, 0.1) is 11.8 Å². The lowest BCUT2D eigenvalue weighted by Gasteiger charge is -2.41. The normalized spacial score (nSPS) is 21.0. The molecule has 3 unspecified atom stereocenters. The summed E-state index contributed by atoms with van der Waals surface area (Å²) in [5, 5.41) is 9.09. The fourth-order valence-corrected chi connectivity index (χ4v) is 4.86. The fraction of sp³-hybridized carbons (Fsp3) is 0.519. The molecule has 5 nitrogen and oxygen atoms in total. The molecule has 1 saturated carbocycles. The highest BCUT2D eigenvalue weighted by Gasteiger charge is 2.38. The van der Waals surface area contributed by atoms with Crippen molar-refractivity contribution in [3.8, 4) is 0 Å². The molecule has 0 spiro atoms. The van der Waals surface area contributed by atoms with E-state index in [0.717, 1.165) is 56.1 Å². The van der Waals surface area contributed by atoms with Crippen LogP contribution in [0.15, 0.2) is 54.6 Å². The van der Waals surface area contributed by atoms with Crippen LogP contribution >= 0.6 is 0 Å². The summed E-state index contributed by atoms with van der Waals surface area (Å²) in [5.74, 6) is 0.739. The number of carbonyl (C=O) groups is 1. The molecular weight excluding hydrogens is 453 g/mol. The van der Waals surface area contributed by atoms with Gasteiger partial charge in [-0.25, -0.2) is 4.79 Å². The van der Waals surface area contributed by atoms with Crippen molar-refractivity contribution in [2.45, 2.75) is 37.8 Å². The van der Waals surface area contributed by atoms with Crippen molar-refractivity contribution >= 4 is 11.7 Å². The molecule has 1 aliphatic heterocycles. The van der Waals surface area contributed by atoms with Crippen molar-refractivity contribution in [3.05, 3.63) is 65.7 Å². The molecule has 0 saturated heterocycles. The molecule has 192 valence electrons. The van der Waals surface area contributed by atoms with Crippen molar-refractivity contribution in [2.75, 3.05) is 45.6 Å². The summed E-state index contributed by atoms with van der Waals surface area (Å²) in [5.41, 5.74) is 0.997. The van der Waals surface area contributed by atoms with E-state index in [-0.39, 0.29) is 17.9 Å². The summed E-state index contributed by atoms with van der Waals surface area (Å²) >= 11 is 0. The number of amides is 2. The SMILES string of the molecule is CN(C)CCCNC(=O)NCC1CCC2CNc3ccc(C(F)(F)F)cc3C2C1.c1ccccc1. The first-order chi connectivity index (χ1) is 16.7. The predicted molar refractivity (Wildman–Crippen MR) is 135 cm³/mol. The van der Waals surface area contributed by atoms with Gasteiger partial charge in [0.2, 0.25) is 0 Å². The maximum Gasteiger partial charge on any atom is 0.416 e. The van der Waals surface area contributed by atoms with Crippen LogP contribution in [-0.2, 0) is 6.18 Å². The number of halogens is 3. The molecule has 3 atom stereocenters. The monoisotopic (exact) mass is 490 g/mol. The highest BCUT2D eigenvalue weighted by Crippen LogP contribution is 2.47. The van der Waals surface area contributed by atoms with Gasteiger partial charge in [0.1, 0.15) is 0 Å². The zero-order valence-corrected chi connectivity index (χ0v) is 20.6. The molecular formula is C27H37F3N4O. The number of alkyl halides is 3. The molecule has 2 aromatic rings. The summed E-state index contributed by atoms with van der Waals surface area (Å²) in [7, 11) is 3.99. The molecule has 2 amide bonds. The Morgan fingerprint density at radius 3 is 2.37 bits per heavy atom. The average molecular weight is 491 g/mol. The Hall–Kier alpha value is -2.74. The van der Waals surface area contributed by atoms with Crippen LogP contribution in [0.4, 0.5) is 23.7 Å². The van der Waals surface area contributed by atoms with Gasteiger partial charge in [-0.15, -0.1) is 0 Å². The number of anilines is 1. The lowest BCUT2D eigenvalue weighted by molar-refractivity contribution is -0.137. The Balaban J connectivity index is 0.000000497. The molecule has 35 heavy (non-hydrogen) atoms. The van der Waals surface area contributed by atoms with E-state index in [0.29, 0.717) is 19.0 Å². The number of benzene rings is 2. The third-order valence-electron chi connectivity index (χ3n) is 6.72. The van der Waals surface area contributed by atoms with Crippen molar-refractivity contribution in [2.24, 2.45) is 11.8 Å². The van der Waals surface area contributed by atoms with Gasteiger partial charge >= 0.3 is 12.2 Å². The van der Waals surface area contributed by atoms with Gasteiger partial charge in [0, 0.05) is 25.3 Å². The van der Waals surface area contributed by atoms with Crippen molar-refractivity contribution in [1.82, 2.24) is 15.5 Å². The van der Waals surface area contributed by atoms with Crippen molar-refractivity contribution in [1.29, 1.82) is 0 Å². The Bertz CT molecular complexity index is 894. The summed E-state index contributed by atoms with van der Waals surface area (Å²) in [6.07, 6.45) is -0.690. The smallest absolute Gasteiger partial charge is 0.385 e. The van der Waals surface area contributed by atoms with Gasteiger partial charge in [-0.3, -0.25) is 0 Å². The molecule has 0 radical (unpaired) electrons. The van der Waals surface area contributed by atoms with Gasteiger partial charge in [-0.05, 0) is 87.8 Å². The predicted octanol–water partition coefficient (Wildman–Crippen LogP) is 5.57. The third-order valence-corrected chi connectivity index (χ3v) is 6.72. The maximum absolute atomic E-state index is 13.2. The van der Waals surface area contributed by atoms with Gasteiger partial charge in [0.05, 0.1) is 5.56 Å². The average Bonchev–Trinajstić information content (AvgIpc) is 2.85. The van der Waals surface area contributed by atoms with Crippen LogP contribution in [-0.4, -0.2) is 51.2 Å². The van der Waals surface area contributed by atoms with Crippen LogP contribution < -0.4 is 16.0 Å². The standard InChI is InChI=1S/C21H31F3N4O.C6H6/c1-28(2)9-3-8-25-20(29)27-12-14-4-5-15-13-26-19-7-6-16(21(22,23)24)11-18(19)17(15)10-14;1-2-4-6-5-3-1/h6-7,11,14-15,17,26H,3-5,8-10,12-13H2,1-2H3,(H2,25,27,29);1-6H. The zero-order chi connectivity index (χ0) is 25.3. The van der Waals surface area contributed by atoms with E-state index in [1.54, 1.807) is 6.07 Å². The van der Waals surface area contributed by atoms with Crippen LogP contribution in [0.25, 0.3) is 0 Å². The Morgan fingerprint density at radius 2 is 1.74 bits per heavy atom. The van der Waals surface area contributed by atoms with E-state index in [1.807, 2.05) is 50.5 Å². The largest absolute Gasteiger partial charge is 0.416 e. The third kappa shape index (κ3) is 8.46. The molecule has 1 aliphatic carbocycles. The number of fused-ring (bicyclic) bond motifs is 3. The van der Waals surface area contributed by atoms with Crippen molar-refractivity contribution in [3.63, 3.8) is 0 Å². The summed E-state index contributed by atoms with van der Waals surface area (Å²) < 4.78 is 39.5. The molecule has 2 aromatic carbocycles. The molecule has 0 aromatic heterocycles. The van der Waals surface area contributed by atoms with E-state index in [1.165, 1.54) is 6.07 Å². The van der Waals surface area contributed by atoms with Crippen LogP contribution in [0.1, 0.15) is 42.7 Å².